The van der Waals surface area contributed by atoms with Crippen molar-refractivity contribution >= 4 is 39.1 Å². The Morgan fingerprint density at radius 2 is 1.65 bits per heavy atom. The Kier molecular flexibility index (Phi) is 9.87. The van der Waals surface area contributed by atoms with Gasteiger partial charge in [0.05, 0.1) is 17.7 Å². The van der Waals surface area contributed by atoms with Crippen molar-refractivity contribution in [1.82, 2.24) is 10.2 Å². The van der Waals surface area contributed by atoms with E-state index in [9.17, 15) is 18.0 Å². The van der Waals surface area contributed by atoms with Crippen LogP contribution in [0, 0.1) is 6.92 Å². The van der Waals surface area contributed by atoms with Gasteiger partial charge in [-0.05, 0) is 82.6 Å². The third kappa shape index (κ3) is 7.99. The molecule has 10 heteroatoms. The summed E-state index contributed by atoms with van der Waals surface area (Å²) in [6.07, 6.45) is 0. The van der Waals surface area contributed by atoms with Gasteiger partial charge in [0.15, 0.2) is 0 Å². The highest BCUT2D eigenvalue weighted by Gasteiger charge is 2.33. The van der Waals surface area contributed by atoms with Gasteiger partial charge in [-0.1, -0.05) is 47.5 Å². The zero-order valence-electron chi connectivity index (χ0n) is 23.6. The van der Waals surface area contributed by atoms with Crippen molar-refractivity contribution in [1.29, 1.82) is 0 Å². The van der Waals surface area contributed by atoms with Gasteiger partial charge in [0.2, 0.25) is 11.8 Å². The predicted molar refractivity (Wildman–Crippen MR) is 158 cm³/mol. The highest BCUT2D eigenvalue weighted by atomic mass is 35.5. The first-order chi connectivity index (χ1) is 18.7. The monoisotopic (exact) mass is 585 g/mol. The number of carbonyl (C=O) groups excluding carboxylic acids is 2. The minimum Gasteiger partial charge on any atom is -0.497 e. The number of ether oxygens (including phenoxy) is 1. The van der Waals surface area contributed by atoms with Crippen molar-refractivity contribution in [2.45, 2.75) is 57.6 Å². The molecular formula is C30H36ClN3O5S. The number of halogens is 1. The SMILES string of the molecule is COc1ccc(S(=O)(=O)N(CC(=O)N(Cc2cccc(C)c2)[C@@H](C)C(=O)NC(C)(C)C)c2cccc(Cl)c2)cc1. The molecule has 214 valence electrons. The van der Waals surface area contributed by atoms with Crippen LogP contribution in [0.25, 0.3) is 0 Å². The zero-order chi connectivity index (χ0) is 29.7. The fourth-order valence-electron chi connectivity index (χ4n) is 4.10. The molecule has 3 rings (SSSR count). The van der Waals surface area contributed by atoms with Crippen LogP contribution in [-0.2, 0) is 26.2 Å². The average molecular weight is 586 g/mol. The van der Waals surface area contributed by atoms with Gasteiger partial charge in [-0.2, -0.15) is 0 Å². The maximum atomic E-state index is 14.0. The number of carbonyl (C=O) groups is 2. The summed E-state index contributed by atoms with van der Waals surface area (Å²) in [5, 5.41) is 3.23. The quantitative estimate of drug-likeness (QED) is 0.353. The molecule has 3 aromatic rings. The normalized spacial score (nSPS) is 12.4. The molecule has 0 aliphatic rings. The van der Waals surface area contributed by atoms with Crippen LogP contribution in [0.2, 0.25) is 5.02 Å². The Bertz CT molecular complexity index is 1450. The van der Waals surface area contributed by atoms with E-state index in [1.54, 1.807) is 25.1 Å². The third-order valence-corrected chi connectivity index (χ3v) is 8.15. The second kappa shape index (κ2) is 12.7. The summed E-state index contributed by atoms with van der Waals surface area (Å²) in [6.45, 7) is 8.70. The number of aryl methyl sites for hydroxylation is 1. The number of nitrogens with one attached hydrogen (secondary N) is 1. The summed E-state index contributed by atoms with van der Waals surface area (Å²) in [5.74, 6) is -0.400. The molecule has 1 N–H and O–H groups in total. The molecule has 0 bridgehead atoms. The van der Waals surface area contributed by atoms with Gasteiger partial charge in [0.25, 0.3) is 10.0 Å². The molecule has 0 aromatic heterocycles. The van der Waals surface area contributed by atoms with Crippen LogP contribution >= 0.6 is 11.6 Å². The van der Waals surface area contributed by atoms with Crippen LogP contribution in [0.4, 0.5) is 5.69 Å². The maximum Gasteiger partial charge on any atom is 0.264 e. The number of benzene rings is 3. The molecule has 0 saturated heterocycles. The first kappa shape index (κ1) is 31.0. The molecule has 0 fully saturated rings. The molecule has 0 aliphatic carbocycles. The summed E-state index contributed by atoms with van der Waals surface area (Å²) in [6, 6.07) is 18.9. The van der Waals surface area contributed by atoms with Crippen LogP contribution < -0.4 is 14.4 Å². The van der Waals surface area contributed by atoms with E-state index in [1.165, 1.54) is 42.3 Å². The molecule has 40 heavy (non-hydrogen) atoms. The molecule has 1 atom stereocenters. The lowest BCUT2D eigenvalue weighted by Gasteiger charge is -2.33. The molecular weight excluding hydrogens is 550 g/mol. The number of methoxy groups -OCH3 is 1. The lowest BCUT2D eigenvalue weighted by atomic mass is 10.1. The largest absolute Gasteiger partial charge is 0.497 e. The Morgan fingerprint density at radius 3 is 2.23 bits per heavy atom. The van der Waals surface area contributed by atoms with Gasteiger partial charge in [-0.25, -0.2) is 8.42 Å². The Hall–Kier alpha value is -3.56. The minimum absolute atomic E-state index is 0.0233. The average Bonchev–Trinajstić information content (AvgIpc) is 2.88. The smallest absolute Gasteiger partial charge is 0.264 e. The number of anilines is 1. The third-order valence-electron chi connectivity index (χ3n) is 6.12. The van der Waals surface area contributed by atoms with E-state index < -0.39 is 34.1 Å². The number of hydrogen-bond acceptors (Lipinski definition) is 5. The van der Waals surface area contributed by atoms with Gasteiger partial charge >= 0.3 is 0 Å². The van der Waals surface area contributed by atoms with Gasteiger partial charge in [0, 0.05) is 17.1 Å². The number of nitrogens with zero attached hydrogens (tertiary/aromatic N) is 2. The number of amides is 2. The predicted octanol–water partition coefficient (Wildman–Crippen LogP) is 5.18. The molecule has 2 amide bonds. The molecule has 0 spiro atoms. The van der Waals surface area contributed by atoms with E-state index in [2.05, 4.69) is 5.32 Å². The molecule has 3 aromatic carbocycles. The Morgan fingerprint density at radius 1 is 1.00 bits per heavy atom. The van der Waals surface area contributed by atoms with Gasteiger partial charge in [0.1, 0.15) is 18.3 Å². The Balaban J connectivity index is 2.04. The van der Waals surface area contributed by atoms with Gasteiger partial charge in [-0.3, -0.25) is 13.9 Å². The fraction of sp³-hybridized carbons (Fsp3) is 0.333. The molecule has 0 saturated carbocycles. The zero-order valence-corrected chi connectivity index (χ0v) is 25.2. The lowest BCUT2D eigenvalue weighted by Crippen LogP contribution is -2.54. The second-order valence-electron chi connectivity index (χ2n) is 10.6. The summed E-state index contributed by atoms with van der Waals surface area (Å²) in [7, 11) is -2.72. The van der Waals surface area contributed by atoms with Crippen molar-refractivity contribution in [3.8, 4) is 5.75 Å². The van der Waals surface area contributed by atoms with Crippen molar-refractivity contribution in [2.24, 2.45) is 0 Å². The van der Waals surface area contributed by atoms with Crippen molar-refractivity contribution in [2.75, 3.05) is 18.0 Å². The standard InChI is InChI=1S/C30H36ClN3O5S/c1-21-9-7-10-23(17-21)19-33(22(2)29(36)32-30(3,4)5)28(35)20-34(25-12-8-11-24(31)18-25)40(37,38)27-15-13-26(39-6)14-16-27/h7-18,22H,19-20H2,1-6H3,(H,32,36)/t22-/m0/s1. The van der Waals surface area contributed by atoms with Crippen LogP contribution in [0.3, 0.4) is 0 Å². The van der Waals surface area contributed by atoms with E-state index in [0.717, 1.165) is 15.4 Å². The summed E-state index contributed by atoms with van der Waals surface area (Å²) >= 11 is 6.21. The number of rotatable bonds is 10. The van der Waals surface area contributed by atoms with Gasteiger partial charge < -0.3 is 15.0 Å². The first-order valence-electron chi connectivity index (χ1n) is 12.8. The topological polar surface area (TPSA) is 96.0 Å². The van der Waals surface area contributed by atoms with E-state index in [0.29, 0.717) is 10.8 Å². The number of sulfonamides is 1. The van der Waals surface area contributed by atoms with E-state index in [-0.39, 0.29) is 23.0 Å². The highest BCUT2D eigenvalue weighted by molar-refractivity contribution is 7.92. The first-order valence-corrected chi connectivity index (χ1v) is 14.6. The van der Waals surface area contributed by atoms with Crippen molar-refractivity contribution in [3.05, 3.63) is 88.9 Å². The second-order valence-corrected chi connectivity index (χ2v) is 12.9. The van der Waals surface area contributed by atoms with Crippen LogP contribution in [0.15, 0.2) is 77.7 Å². The molecule has 0 heterocycles. The van der Waals surface area contributed by atoms with E-state index >= 15 is 0 Å². The summed E-state index contributed by atoms with van der Waals surface area (Å²) < 4.78 is 34.0. The minimum atomic E-state index is -4.21. The van der Waals surface area contributed by atoms with E-state index in [1.807, 2.05) is 52.0 Å². The number of hydrogen-bond donors (Lipinski definition) is 1. The molecule has 0 aliphatic heterocycles. The van der Waals surface area contributed by atoms with Crippen LogP contribution in [-0.4, -0.2) is 50.4 Å². The van der Waals surface area contributed by atoms with Crippen LogP contribution in [0.5, 0.6) is 5.75 Å². The lowest BCUT2D eigenvalue weighted by molar-refractivity contribution is -0.140. The van der Waals surface area contributed by atoms with E-state index in [4.69, 9.17) is 16.3 Å². The summed E-state index contributed by atoms with van der Waals surface area (Å²) in [5.41, 5.74) is 1.52. The fourth-order valence-corrected chi connectivity index (χ4v) is 5.69. The Labute approximate surface area is 241 Å². The molecule has 0 radical (unpaired) electrons. The maximum absolute atomic E-state index is 14.0. The van der Waals surface area contributed by atoms with Crippen molar-refractivity contribution in [3.63, 3.8) is 0 Å². The summed E-state index contributed by atoms with van der Waals surface area (Å²) in [4.78, 5) is 28.5. The molecule has 0 unspecified atom stereocenters. The van der Waals surface area contributed by atoms with Gasteiger partial charge in [-0.15, -0.1) is 0 Å². The van der Waals surface area contributed by atoms with Crippen molar-refractivity contribution < 1.29 is 22.7 Å². The molecule has 8 nitrogen and oxygen atoms in total. The van der Waals surface area contributed by atoms with Crippen LogP contribution in [0.1, 0.15) is 38.8 Å². The highest BCUT2D eigenvalue weighted by Crippen LogP contribution is 2.28.